The number of nitrogens with one attached hydrogen (secondary N) is 1. The number of halogens is 2. The lowest BCUT2D eigenvalue weighted by atomic mass is 10.0. The number of hydrogen-bond donors (Lipinski definition) is 1. The maximum atomic E-state index is 13.8. The van der Waals surface area contributed by atoms with E-state index in [9.17, 15) is 13.6 Å². The van der Waals surface area contributed by atoms with Gasteiger partial charge in [0.2, 0.25) is 0 Å². The first-order chi connectivity index (χ1) is 11.6. The van der Waals surface area contributed by atoms with Crippen molar-refractivity contribution in [3.05, 3.63) is 63.8 Å². The van der Waals surface area contributed by atoms with Gasteiger partial charge >= 0.3 is 0 Å². The van der Waals surface area contributed by atoms with Gasteiger partial charge in [0.1, 0.15) is 11.6 Å². The molecule has 24 heavy (non-hydrogen) atoms. The second-order valence-corrected chi connectivity index (χ2v) is 6.02. The minimum atomic E-state index is -0.575. The highest BCUT2D eigenvalue weighted by Gasteiger charge is 2.20. The molecule has 0 aliphatic carbocycles. The van der Waals surface area contributed by atoms with Crippen LogP contribution in [0.5, 0.6) is 0 Å². The zero-order chi connectivity index (χ0) is 16.9. The topological polar surface area (TPSA) is 58.2 Å². The van der Waals surface area contributed by atoms with Gasteiger partial charge in [-0.05, 0) is 12.5 Å². The van der Waals surface area contributed by atoms with Gasteiger partial charge in [0.15, 0.2) is 0 Å². The van der Waals surface area contributed by atoms with Gasteiger partial charge in [0.25, 0.3) is 5.56 Å². The Labute approximate surface area is 138 Å². The molecule has 1 aromatic carbocycles. The van der Waals surface area contributed by atoms with E-state index in [-0.39, 0.29) is 11.5 Å². The zero-order valence-electron chi connectivity index (χ0n) is 13.2. The number of rotatable bonds is 4. The Bertz CT molecular complexity index is 751. The van der Waals surface area contributed by atoms with Crippen molar-refractivity contribution < 1.29 is 13.5 Å². The summed E-state index contributed by atoms with van der Waals surface area (Å²) in [5.41, 5.74) is 0.994. The molecule has 0 spiro atoms. The van der Waals surface area contributed by atoms with Crippen LogP contribution >= 0.6 is 0 Å². The van der Waals surface area contributed by atoms with Gasteiger partial charge < -0.3 is 9.72 Å². The van der Waals surface area contributed by atoms with Crippen molar-refractivity contribution in [1.29, 1.82) is 0 Å². The normalized spacial score (nSPS) is 19.2. The second-order valence-electron chi connectivity index (χ2n) is 6.02. The van der Waals surface area contributed by atoms with Gasteiger partial charge in [-0.25, -0.2) is 13.8 Å². The number of aromatic amines is 1. The van der Waals surface area contributed by atoms with E-state index in [1.807, 2.05) is 0 Å². The molecular weight excluding hydrogens is 316 g/mol. The Morgan fingerprint density at radius 2 is 2.21 bits per heavy atom. The van der Waals surface area contributed by atoms with Gasteiger partial charge in [0.05, 0.1) is 19.5 Å². The van der Waals surface area contributed by atoms with Crippen molar-refractivity contribution in [2.45, 2.75) is 13.0 Å². The average Bonchev–Trinajstić information content (AvgIpc) is 2.75. The van der Waals surface area contributed by atoms with Crippen molar-refractivity contribution in [3.63, 3.8) is 0 Å². The predicted octanol–water partition coefficient (Wildman–Crippen LogP) is 1.74. The van der Waals surface area contributed by atoms with Crippen molar-refractivity contribution >= 4 is 0 Å². The quantitative estimate of drug-likeness (QED) is 0.925. The third-order valence-electron chi connectivity index (χ3n) is 4.06. The summed E-state index contributed by atoms with van der Waals surface area (Å²) in [5, 5.41) is 0. The Balaban J connectivity index is 1.67. The summed E-state index contributed by atoms with van der Waals surface area (Å²) in [6.45, 7) is 2.90. The van der Waals surface area contributed by atoms with Crippen LogP contribution in [0.2, 0.25) is 0 Å². The number of aromatic nitrogens is 2. The number of nitrogens with zero attached hydrogens (tertiary/aromatic N) is 2. The molecule has 1 aliphatic heterocycles. The van der Waals surface area contributed by atoms with Crippen LogP contribution in [0.15, 0.2) is 35.4 Å². The van der Waals surface area contributed by atoms with Gasteiger partial charge in [-0.15, -0.1) is 0 Å². The standard InChI is InChI=1S/C17H19F2N3O2/c18-14-2-1-13(16(19)6-14)9-22-3-4-24-10-12(8-22)5-15-7-17(23)21-11-20-15/h1-2,6-7,11-12H,3-5,8-10H2,(H,20,21,23)/t12-/m0/s1. The van der Waals surface area contributed by atoms with Crippen LogP contribution in [0.25, 0.3) is 0 Å². The minimum absolute atomic E-state index is 0.158. The summed E-state index contributed by atoms with van der Waals surface area (Å²) >= 11 is 0. The average molecular weight is 335 g/mol. The van der Waals surface area contributed by atoms with Crippen molar-refractivity contribution in [2.24, 2.45) is 5.92 Å². The van der Waals surface area contributed by atoms with Gasteiger partial charge in [-0.3, -0.25) is 9.69 Å². The second kappa shape index (κ2) is 7.63. The molecule has 1 aromatic heterocycles. The molecule has 3 rings (SSSR count). The molecule has 0 bridgehead atoms. The van der Waals surface area contributed by atoms with E-state index >= 15 is 0 Å². The summed E-state index contributed by atoms with van der Waals surface area (Å²) in [6, 6.07) is 5.13. The molecule has 1 saturated heterocycles. The van der Waals surface area contributed by atoms with E-state index in [0.717, 1.165) is 6.07 Å². The first-order valence-corrected chi connectivity index (χ1v) is 7.88. The van der Waals surface area contributed by atoms with Gasteiger partial charge in [0, 0.05) is 48.9 Å². The fraction of sp³-hybridized carbons (Fsp3) is 0.412. The van der Waals surface area contributed by atoms with Crippen molar-refractivity contribution in [3.8, 4) is 0 Å². The van der Waals surface area contributed by atoms with Crippen molar-refractivity contribution in [1.82, 2.24) is 14.9 Å². The summed E-state index contributed by atoms with van der Waals surface area (Å²) in [7, 11) is 0. The lowest BCUT2D eigenvalue weighted by molar-refractivity contribution is 0.121. The maximum absolute atomic E-state index is 13.8. The van der Waals surface area contributed by atoms with E-state index in [1.165, 1.54) is 24.5 Å². The molecule has 0 unspecified atom stereocenters. The molecule has 1 N–H and O–H groups in total. The lowest BCUT2D eigenvalue weighted by Crippen LogP contribution is -2.31. The highest BCUT2D eigenvalue weighted by molar-refractivity contribution is 5.18. The van der Waals surface area contributed by atoms with Gasteiger partial charge in [-0.2, -0.15) is 0 Å². The SMILES string of the molecule is O=c1cc(C[C@@H]2COCCN(Cc3ccc(F)cc3F)C2)nc[nH]1. The highest BCUT2D eigenvalue weighted by atomic mass is 19.1. The third kappa shape index (κ3) is 4.46. The predicted molar refractivity (Wildman–Crippen MR) is 84.5 cm³/mol. The van der Waals surface area contributed by atoms with Crippen molar-refractivity contribution in [2.75, 3.05) is 26.3 Å². The summed E-state index contributed by atoms with van der Waals surface area (Å²) in [4.78, 5) is 20.1. The molecule has 5 nitrogen and oxygen atoms in total. The molecule has 2 heterocycles. The lowest BCUT2D eigenvalue weighted by Gasteiger charge is -2.23. The van der Waals surface area contributed by atoms with Crippen LogP contribution in [0, 0.1) is 17.6 Å². The van der Waals surface area contributed by atoms with Gasteiger partial charge in [-0.1, -0.05) is 6.07 Å². The number of benzene rings is 1. The monoisotopic (exact) mass is 335 g/mol. The molecule has 2 aromatic rings. The molecule has 0 saturated carbocycles. The Kier molecular flexibility index (Phi) is 5.32. The fourth-order valence-corrected chi connectivity index (χ4v) is 2.93. The first kappa shape index (κ1) is 16.7. The maximum Gasteiger partial charge on any atom is 0.250 e. The Hall–Kier alpha value is -2.12. The highest BCUT2D eigenvalue weighted by Crippen LogP contribution is 2.17. The van der Waals surface area contributed by atoms with Crippen LogP contribution in [0.1, 0.15) is 11.3 Å². The van der Waals surface area contributed by atoms with Crippen LogP contribution in [0.4, 0.5) is 8.78 Å². The first-order valence-electron chi connectivity index (χ1n) is 7.88. The largest absolute Gasteiger partial charge is 0.380 e. The zero-order valence-corrected chi connectivity index (χ0v) is 13.2. The van der Waals surface area contributed by atoms with Crippen LogP contribution in [-0.4, -0.2) is 41.2 Å². The molecule has 0 amide bonds. The summed E-state index contributed by atoms with van der Waals surface area (Å²) < 4.78 is 32.5. The Morgan fingerprint density at radius 1 is 1.33 bits per heavy atom. The molecule has 1 aliphatic rings. The number of H-pyrrole nitrogens is 1. The fourth-order valence-electron chi connectivity index (χ4n) is 2.93. The van der Waals surface area contributed by atoms with E-state index in [2.05, 4.69) is 14.9 Å². The van der Waals surface area contributed by atoms with E-state index in [0.29, 0.717) is 50.5 Å². The van der Waals surface area contributed by atoms with Crippen LogP contribution in [-0.2, 0) is 17.7 Å². The van der Waals surface area contributed by atoms with E-state index in [4.69, 9.17) is 4.74 Å². The minimum Gasteiger partial charge on any atom is -0.380 e. The molecular formula is C17H19F2N3O2. The van der Waals surface area contributed by atoms with Crippen LogP contribution in [0.3, 0.4) is 0 Å². The molecule has 0 radical (unpaired) electrons. The molecule has 1 atom stereocenters. The van der Waals surface area contributed by atoms with Crippen LogP contribution < -0.4 is 5.56 Å². The molecule has 7 heteroatoms. The summed E-state index contributed by atoms with van der Waals surface area (Å²) in [5.74, 6) is -0.952. The molecule has 1 fully saturated rings. The number of ether oxygens (including phenoxy) is 1. The number of hydrogen-bond acceptors (Lipinski definition) is 4. The molecule has 128 valence electrons. The Morgan fingerprint density at radius 3 is 3.00 bits per heavy atom. The third-order valence-corrected chi connectivity index (χ3v) is 4.06. The van der Waals surface area contributed by atoms with E-state index < -0.39 is 11.6 Å². The smallest absolute Gasteiger partial charge is 0.250 e. The summed E-state index contributed by atoms with van der Waals surface area (Å²) in [6.07, 6.45) is 2.01. The van der Waals surface area contributed by atoms with E-state index in [1.54, 1.807) is 0 Å².